The Morgan fingerprint density at radius 3 is 2.29 bits per heavy atom. The molecular formula is C41H47N5O3. The van der Waals surface area contributed by atoms with E-state index in [2.05, 4.69) is 71.1 Å². The van der Waals surface area contributed by atoms with Crippen molar-refractivity contribution < 1.29 is 14.0 Å². The van der Waals surface area contributed by atoms with Gasteiger partial charge < -0.3 is 15.1 Å². The van der Waals surface area contributed by atoms with Crippen molar-refractivity contribution in [3.05, 3.63) is 132 Å². The number of unbranched alkanes of at least 4 members (excludes halogenated alkanes) is 4. The monoisotopic (exact) mass is 657 g/mol. The zero-order valence-corrected chi connectivity index (χ0v) is 28.8. The molecule has 1 atom stereocenters. The normalized spacial score (nSPS) is 11.6. The van der Waals surface area contributed by atoms with Gasteiger partial charge in [0.1, 0.15) is 6.04 Å². The summed E-state index contributed by atoms with van der Waals surface area (Å²) in [6.45, 7) is 4.96. The average Bonchev–Trinajstić information content (AvgIpc) is 3.62. The second kappa shape index (κ2) is 17.8. The van der Waals surface area contributed by atoms with Crippen molar-refractivity contribution in [2.45, 2.75) is 71.3 Å². The summed E-state index contributed by atoms with van der Waals surface area (Å²) in [6, 6.07) is 32.9. The Morgan fingerprint density at radius 1 is 0.776 bits per heavy atom. The van der Waals surface area contributed by atoms with Gasteiger partial charge in [0, 0.05) is 48.9 Å². The molecule has 5 aromatic rings. The van der Waals surface area contributed by atoms with E-state index in [0.29, 0.717) is 48.0 Å². The molecule has 0 bridgehead atoms. The number of nitrogens with one attached hydrogen (secondary N) is 2. The molecule has 2 amide bonds. The second-order valence-corrected chi connectivity index (χ2v) is 12.3. The molecule has 1 aromatic heterocycles. The molecule has 254 valence electrons. The number of carbonyl (C=O) groups excluding carboxylic acids is 2. The molecule has 0 spiro atoms. The van der Waals surface area contributed by atoms with Crippen LogP contribution in [-0.4, -0.2) is 35.6 Å². The van der Waals surface area contributed by atoms with Gasteiger partial charge in [-0.05, 0) is 53.8 Å². The van der Waals surface area contributed by atoms with Crippen molar-refractivity contribution >= 4 is 23.2 Å². The highest BCUT2D eigenvalue weighted by atomic mass is 16.4. The highest BCUT2D eigenvalue weighted by Crippen LogP contribution is 2.30. The zero-order chi connectivity index (χ0) is 34.4. The summed E-state index contributed by atoms with van der Waals surface area (Å²) in [5, 5.41) is 15.1. The lowest BCUT2D eigenvalue weighted by Crippen LogP contribution is -2.38. The minimum absolute atomic E-state index is 0.0577. The second-order valence-electron chi connectivity index (χ2n) is 12.3. The van der Waals surface area contributed by atoms with Gasteiger partial charge in [-0.15, -0.1) is 10.2 Å². The molecule has 1 heterocycles. The van der Waals surface area contributed by atoms with Crippen LogP contribution >= 0.6 is 0 Å². The van der Waals surface area contributed by atoms with Crippen molar-refractivity contribution in [2.75, 3.05) is 23.8 Å². The Hall–Kier alpha value is -5.24. The number of para-hydroxylation sites is 1. The van der Waals surface area contributed by atoms with Crippen molar-refractivity contribution in [1.82, 2.24) is 15.5 Å². The van der Waals surface area contributed by atoms with E-state index in [1.807, 2.05) is 71.6 Å². The van der Waals surface area contributed by atoms with Gasteiger partial charge in [-0.25, -0.2) is 4.79 Å². The van der Waals surface area contributed by atoms with Gasteiger partial charge in [0.2, 0.25) is 11.8 Å². The quantitative estimate of drug-likeness (QED) is 0.0763. The lowest BCUT2D eigenvalue weighted by atomic mass is 9.98. The number of hydrogen-bond donors (Lipinski definition) is 2. The van der Waals surface area contributed by atoms with Crippen molar-refractivity contribution in [3.8, 4) is 11.1 Å². The van der Waals surface area contributed by atoms with Crippen LogP contribution in [0.2, 0.25) is 0 Å². The molecule has 8 nitrogen and oxygen atoms in total. The topological polar surface area (TPSA) is 100 Å². The molecule has 1 unspecified atom stereocenters. The van der Waals surface area contributed by atoms with Gasteiger partial charge in [-0.1, -0.05) is 118 Å². The van der Waals surface area contributed by atoms with E-state index in [4.69, 9.17) is 4.42 Å². The van der Waals surface area contributed by atoms with Crippen LogP contribution < -0.4 is 15.5 Å². The SMILES string of the molecule is CCCCCCCN(C(=O)NC)c1cccc(-c2ccc(CC(Nc3ccccc3C(=O)c3ccccc3)c3nnc(CCC)o3)cc2)c1. The summed E-state index contributed by atoms with van der Waals surface area (Å²) in [7, 11) is 1.68. The lowest BCUT2D eigenvalue weighted by molar-refractivity contribution is 0.103. The summed E-state index contributed by atoms with van der Waals surface area (Å²) in [4.78, 5) is 28.1. The van der Waals surface area contributed by atoms with Crippen LogP contribution in [0.25, 0.3) is 11.1 Å². The fraction of sp³-hybridized carbons (Fsp3) is 0.317. The first kappa shape index (κ1) is 35.1. The standard InChI is InChI=1S/C41H47N5O3/c1-4-6-7-8-14-27-46(41(48)42-3)34-20-15-19-33(29-34)31-25-23-30(24-26-31)28-37(40-45-44-38(49-40)16-5-2)43-36-22-13-12-21-35(36)39(47)32-17-10-9-11-18-32/h9-13,15,17-26,29,37,43H,4-8,14,16,27-28H2,1-3H3,(H,42,48). The highest BCUT2D eigenvalue weighted by molar-refractivity contribution is 6.12. The van der Waals surface area contributed by atoms with Crippen molar-refractivity contribution in [1.29, 1.82) is 0 Å². The maximum atomic E-state index is 13.5. The first-order valence-electron chi connectivity index (χ1n) is 17.5. The molecule has 5 rings (SSSR count). The van der Waals surface area contributed by atoms with Crippen LogP contribution in [0.3, 0.4) is 0 Å². The molecular weight excluding hydrogens is 610 g/mol. The predicted octanol–water partition coefficient (Wildman–Crippen LogP) is 9.43. The smallest absolute Gasteiger partial charge is 0.321 e. The van der Waals surface area contributed by atoms with Crippen molar-refractivity contribution in [3.63, 3.8) is 0 Å². The van der Waals surface area contributed by atoms with Gasteiger partial charge in [0.25, 0.3) is 0 Å². The minimum Gasteiger partial charge on any atom is -0.423 e. The summed E-state index contributed by atoms with van der Waals surface area (Å²) in [5.41, 5.74) is 5.94. The molecule has 0 saturated heterocycles. The largest absolute Gasteiger partial charge is 0.423 e. The van der Waals surface area contributed by atoms with Gasteiger partial charge in [-0.3, -0.25) is 9.69 Å². The number of amides is 2. The number of hydrogen-bond acceptors (Lipinski definition) is 6. The number of aromatic nitrogens is 2. The summed E-state index contributed by atoms with van der Waals surface area (Å²) >= 11 is 0. The molecule has 0 aliphatic heterocycles. The highest BCUT2D eigenvalue weighted by Gasteiger charge is 2.23. The molecule has 0 aliphatic rings. The molecule has 49 heavy (non-hydrogen) atoms. The average molecular weight is 658 g/mol. The summed E-state index contributed by atoms with van der Waals surface area (Å²) in [6.07, 6.45) is 7.83. The minimum atomic E-state index is -0.365. The van der Waals surface area contributed by atoms with Crippen LogP contribution in [-0.2, 0) is 12.8 Å². The first-order chi connectivity index (χ1) is 24.0. The zero-order valence-electron chi connectivity index (χ0n) is 28.8. The third-order valence-electron chi connectivity index (χ3n) is 8.61. The third kappa shape index (κ3) is 9.44. The molecule has 0 fully saturated rings. The number of anilines is 2. The Bertz CT molecular complexity index is 1780. The maximum absolute atomic E-state index is 13.5. The van der Waals surface area contributed by atoms with E-state index in [0.717, 1.165) is 41.6 Å². The Balaban J connectivity index is 1.37. The van der Waals surface area contributed by atoms with Crippen LogP contribution in [0.15, 0.2) is 108 Å². The maximum Gasteiger partial charge on any atom is 0.321 e. The Morgan fingerprint density at radius 2 is 1.53 bits per heavy atom. The summed E-state index contributed by atoms with van der Waals surface area (Å²) in [5.74, 6) is 1.02. The van der Waals surface area contributed by atoms with Gasteiger partial charge >= 0.3 is 6.03 Å². The van der Waals surface area contributed by atoms with E-state index >= 15 is 0 Å². The van der Waals surface area contributed by atoms with Crippen LogP contribution in [0, 0.1) is 0 Å². The van der Waals surface area contributed by atoms with Gasteiger partial charge in [-0.2, -0.15) is 0 Å². The first-order valence-corrected chi connectivity index (χ1v) is 17.5. The van der Waals surface area contributed by atoms with Crippen LogP contribution in [0.1, 0.15) is 91.7 Å². The van der Waals surface area contributed by atoms with E-state index < -0.39 is 0 Å². The van der Waals surface area contributed by atoms with Gasteiger partial charge in [0.15, 0.2) is 5.78 Å². The van der Waals surface area contributed by atoms with E-state index in [-0.39, 0.29) is 17.9 Å². The number of rotatable bonds is 17. The third-order valence-corrected chi connectivity index (χ3v) is 8.61. The van der Waals surface area contributed by atoms with Crippen LogP contribution in [0.5, 0.6) is 0 Å². The molecule has 0 aliphatic carbocycles. The lowest BCUT2D eigenvalue weighted by Gasteiger charge is -2.23. The fourth-order valence-corrected chi connectivity index (χ4v) is 5.94. The Kier molecular flexibility index (Phi) is 12.7. The number of nitrogens with zero attached hydrogens (tertiary/aromatic N) is 3. The molecule has 8 heteroatoms. The number of carbonyl (C=O) groups is 2. The molecule has 2 N–H and O–H groups in total. The number of urea groups is 1. The summed E-state index contributed by atoms with van der Waals surface area (Å²) < 4.78 is 6.11. The fourth-order valence-electron chi connectivity index (χ4n) is 5.94. The number of aryl methyl sites for hydroxylation is 1. The molecule has 4 aromatic carbocycles. The van der Waals surface area contributed by atoms with E-state index in [1.165, 1.54) is 19.3 Å². The van der Waals surface area contributed by atoms with Crippen LogP contribution in [0.4, 0.5) is 16.2 Å². The predicted molar refractivity (Wildman–Crippen MR) is 197 cm³/mol. The van der Waals surface area contributed by atoms with Crippen molar-refractivity contribution in [2.24, 2.45) is 0 Å². The van der Waals surface area contributed by atoms with E-state index in [1.54, 1.807) is 7.05 Å². The molecule has 0 saturated carbocycles. The number of ketones is 1. The van der Waals surface area contributed by atoms with Gasteiger partial charge in [0.05, 0.1) is 0 Å². The Labute approximate surface area is 290 Å². The number of benzene rings is 4. The molecule has 0 radical (unpaired) electrons. The van der Waals surface area contributed by atoms with E-state index in [9.17, 15) is 9.59 Å².